The predicted octanol–water partition coefficient (Wildman–Crippen LogP) is 4.60. The Morgan fingerprint density at radius 3 is 2.27 bits per heavy atom. The van der Waals surface area contributed by atoms with E-state index in [0.29, 0.717) is 32.5 Å². The second-order valence-electron chi connectivity index (χ2n) is 10.1. The van der Waals surface area contributed by atoms with E-state index in [1.807, 2.05) is 0 Å². The first-order valence-electron chi connectivity index (χ1n) is 9.55. The lowest BCUT2D eigenvalue weighted by atomic mass is 8.98. The summed E-state index contributed by atoms with van der Waals surface area (Å²) in [5, 5.41) is 5.04. The predicted molar refractivity (Wildman–Crippen MR) is 90.7 cm³/mol. The molecule has 7 atom stereocenters. The van der Waals surface area contributed by atoms with Crippen molar-refractivity contribution in [3.63, 3.8) is 0 Å². The minimum Gasteiger partial charge on any atom is -0.310 e. The van der Waals surface area contributed by atoms with Crippen LogP contribution in [0.5, 0.6) is 0 Å². The van der Waals surface area contributed by atoms with Crippen molar-refractivity contribution in [3.05, 3.63) is 0 Å². The van der Waals surface area contributed by atoms with Gasteiger partial charge < -0.3 is 5.43 Å². The van der Waals surface area contributed by atoms with Crippen LogP contribution in [0, 0.1) is 38.4 Å². The number of nitrogens with zero attached hydrogens (tertiary/aromatic N) is 1. The highest BCUT2D eigenvalue weighted by atomic mass is 15.3. The molecular weight excluding hydrogens is 268 g/mol. The van der Waals surface area contributed by atoms with Gasteiger partial charge in [0.1, 0.15) is 0 Å². The second-order valence-corrected chi connectivity index (χ2v) is 10.1. The first kappa shape index (κ1) is 13.9. The summed E-state index contributed by atoms with van der Waals surface area (Å²) >= 11 is 0. The van der Waals surface area contributed by atoms with Gasteiger partial charge in [-0.2, -0.15) is 5.10 Å². The molecule has 0 amide bonds. The smallest absolute Gasteiger partial charge is 0.0494 e. The second kappa shape index (κ2) is 3.17. The monoisotopic (exact) mass is 300 g/mol. The summed E-state index contributed by atoms with van der Waals surface area (Å²) in [7, 11) is 0. The molecule has 5 saturated carbocycles. The van der Waals surface area contributed by atoms with Crippen molar-refractivity contribution in [1.29, 1.82) is 0 Å². The number of nitrogens with one attached hydrogen (secondary N) is 1. The Bertz CT molecular complexity index is 625. The number of hydrazone groups is 1. The van der Waals surface area contributed by atoms with Crippen LogP contribution in [0.3, 0.4) is 0 Å². The summed E-state index contributed by atoms with van der Waals surface area (Å²) in [6.07, 6.45) is 6.82. The van der Waals surface area contributed by atoms with E-state index in [2.05, 4.69) is 47.0 Å². The number of hydrogen-bond donors (Lipinski definition) is 1. The average molecular weight is 300 g/mol. The zero-order chi connectivity index (χ0) is 15.8. The molecular formula is C20H32N2. The lowest BCUT2D eigenvalue weighted by molar-refractivity contribution is -0.532. The Balaban J connectivity index is 1.69. The maximum Gasteiger partial charge on any atom is 0.0494 e. The van der Waals surface area contributed by atoms with Gasteiger partial charge >= 0.3 is 0 Å². The fourth-order valence-corrected chi connectivity index (χ4v) is 9.86. The number of hydrogen-bond acceptors (Lipinski definition) is 2. The topological polar surface area (TPSA) is 24.4 Å². The summed E-state index contributed by atoms with van der Waals surface area (Å²) in [4.78, 5) is 0. The van der Waals surface area contributed by atoms with E-state index in [-0.39, 0.29) is 0 Å². The fraction of sp³-hybridized carbons (Fsp3) is 0.950. The summed E-state index contributed by atoms with van der Waals surface area (Å²) in [6.45, 7) is 16.4. The summed E-state index contributed by atoms with van der Waals surface area (Å²) in [5.74, 6) is 0.761. The van der Waals surface area contributed by atoms with E-state index in [0.717, 1.165) is 18.9 Å². The maximum atomic E-state index is 5.04. The maximum absolute atomic E-state index is 5.04. The molecule has 0 bridgehead atoms. The third kappa shape index (κ3) is 0.714. The van der Waals surface area contributed by atoms with Gasteiger partial charge in [-0.15, -0.1) is 0 Å². The average Bonchev–Trinajstić information content (AvgIpc) is 2.63. The van der Waals surface area contributed by atoms with Crippen LogP contribution in [0.4, 0.5) is 0 Å². The highest BCUT2D eigenvalue weighted by molar-refractivity contribution is 6.07. The van der Waals surface area contributed by atoms with Crippen LogP contribution in [-0.2, 0) is 0 Å². The van der Waals surface area contributed by atoms with E-state index < -0.39 is 0 Å². The minimum atomic E-state index is 0.413. The summed E-state index contributed by atoms with van der Waals surface area (Å²) in [5.41, 5.74) is 8.02. The molecule has 0 saturated heterocycles. The number of rotatable bonds is 3. The molecule has 0 aromatic heterocycles. The Morgan fingerprint density at radius 1 is 1.00 bits per heavy atom. The molecule has 1 N–H and O–H groups in total. The highest BCUT2D eigenvalue weighted by Crippen LogP contribution is 3.09. The zero-order valence-electron chi connectivity index (χ0n) is 15.3. The molecule has 5 rings (SSSR count). The molecule has 1 spiro atoms. The van der Waals surface area contributed by atoms with Gasteiger partial charge in [0.05, 0.1) is 0 Å². The van der Waals surface area contributed by atoms with Crippen molar-refractivity contribution in [2.24, 2.45) is 43.5 Å². The van der Waals surface area contributed by atoms with Crippen molar-refractivity contribution >= 4 is 5.71 Å². The summed E-state index contributed by atoms with van der Waals surface area (Å²) in [6, 6.07) is 0. The van der Waals surface area contributed by atoms with Crippen molar-refractivity contribution in [1.82, 2.24) is 5.43 Å². The molecule has 0 aliphatic heterocycles. The van der Waals surface area contributed by atoms with Gasteiger partial charge in [0, 0.05) is 23.6 Å². The molecule has 0 heterocycles. The first-order valence-corrected chi connectivity index (χ1v) is 9.55. The molecule has 0 aromatic rings. The zero-order valence-corrected chi connectivity index (χ0v) is 15.3. The molecule has 6 unspecified atom stereocenters. The SMILES string of the molecule is CCCNN=C1C2CCC3(C)C2(C)C12C1(C)CC[C@@]1(C)C32C. The van der Waals surface area contributed by atoms with Crippen LogP contribution in [-0.4, -0.2) is 12.3 Å². The highest BCUT2D eigenvalue weighted by Gasteiger charge is 3.07. The molecule has 0 radical (unpaired) electrons. The molecule has 5 aliphatic rings. The Morgan fingerprint density at radius 2 is 1.68 bits per heavy atom. The van der Waals surface area contributed by atoms with Crippen LogP contribution < -0.4 is 5.43 Å². The van der Waals surface area contributed by atoms with E-state index in [1.54, 1.807) is 5.71 Å². The van der Waals surface area contributed by atoms with Crippen molar-refractivity contribution in [2.75, 3.05) is 6.54 Å². The van der Waals surface area contributed by atoms with E-state index in [4.69, 9.17) is 5.10 Å². The van der Waals surface area contributed by atoms with Gasteiger partial charge in [-0.3, -0.25) is 0 Å². The third-order valence-corrected chi connectivity index (χ3v) is 11.0. The van der Waals surface area contributed by atoms with Crippen LogP contribution in [0.2, 0.25) is 0 Å². The molecule has 122 valence electrons. The van der Waals surface area contributed by atoms with Crippen LogP contribution in [0.25, 0.3) is 0 Å². The van der Waals surface area contributed by atoms with Crippen LogP contribution in [0.15, 0.2) is 5.10 Å². The molecule has 5 aliphatic carbocycles. The normalized spacial score (nSPS) is 67.9. The lowest BCUT2D eigenvalue weighted by Crippen LogP contribution is -3.03. The molecule has 2 heteroatoms. The Hall–Kier alpha value is -0.530. The van der Waals surface area contributed by atoms with Crippen molar-refractivity contribution in [3.8, 4) is 0 Å². The molecule has 0 aromatic carbocycles. The van der Waals surface area contributed by atoms with Gasteiger partial charge in [0.15, 0.2) is 0 Å². The van der Waals surface area contributed by atoms with Gasteiger partial charge in [-0.1, -0.05) is 41.5 Å². The van der Waals surface area contributed by atoms with E-state index >= 15 is 0 Å². The largest absolute Gasteiger partial charge is 0.310 e. The molecule has 5 fully saturated rings. The fourth-order valence-electron chi connectivity index (χ4n) is 9.86. The standard InChI is InChI=1S/C20H32N2/c1-7-12-21-22-14-13-8-9-17(4)18(13,5)20(14)16(3)11-10-15(16,2)19(17,20)6/h13,21H,7-12H2,1-6H3/t13?,15-,16?,17?,18?,19?,20?/m1/s1. The van der Waals surface area contributed by atoms with E-state index in [9.17, 15) is 0 Å². The van der Waals surface area contributed by atoms with Gasteiger partial charge in [0.2, 0.25) is 0 Å². The van der Waals surface area contributed by atoms with Crippen molar-refractivity contribution in [2.45, 2.75) is 73.6 Å². The lowest BCUT2D eigenvalue weighted by Gasteiger charge is -3.04. The quantitative estimate of drug-likeness (QED) is 0.597. The first-order chi connectivity index (χ1) is 10.2. The minimum absolute atomic E-state index is 0.413. The van der Waals surface area contributed by atoms with Gasteiger partial charge in [-0.25, -0.2) is 0 Å². The van der Waals surface area contributed by atoms with Crippen molar-refractivity contribution < 1.29 is 0 Å². The Labute approximate surface area is 135 Å². The summed E-state index contributed by atoms with van der Waals surface area (Å²) < 4.78 is 0. The van der Waals surface area contributed by atoms with Crippen LogP contribution in [0.1, 0.15) is 73.6 Å². The Kier molecular flexibility index (Phi) is 2.00. The van der Waals surface area contributed by atoms with Gasteiger partial charge in [0.25, 0.3) is 0 Å². The number of fused-ring (bicyclic) bond motifs is 3. The van der Waals surface area contributed by atoms with Crippen LogP contribution >= 0.6 is 0 Å². The molecule has 2 nitrogen and oxygen atoms in total. The van der Waals surface area contributed by atoms with E-state index in [1.165, 1.54) is 25.7 Å². The third-order valence-electron chi connectivity index (χ3n) is 11.0. The molecule has 22 heavy (non-hydrogen) atoms. The van der Waals surface area contributed by atoms with Gasteiger partial charge in [-0.05, 0) is 59.2 Å².